The van der Waals surface area contributed by atoms with Gasteiger partial charge in [-0.2, -0.15) is 18.2 Å². The van der Waals surface area contributed by atoms with Gasteiger partial charge in [0.1, 0.15) is 5.65 Å². The van der Waals surface area contributed by atoms with Gasteiger partial charge in [-0.3, -0.25) is 9.56 Å². The second-order valence-corrected chi connectivity index (χ2v) is 15.1. The average molecular weight is 681 g/mol. The van der Waals surface area contributed by atoms with Gasteiger partial charge in [-0.1, -0.05) is 59.7 Å². The number of halogens is 3. The molecule has 5 rings (SSSR count). The molecule has 2 aromatic heterocycles. The van der Waals surface area contributed by atoms with Gasteiger partial charge in [0.25, 0.3) is 0 Å². The van der Waals surface area contributed by atoms with Crippen LogP contribution in [0.1, 0.15) is 88.8 Å². The summed E-state index contributed by atoms with van der Waals surface area (Å²) >= 11 is 0. The molecule has 49 heavy (non-hydrogen) atoms. The first-order valence-electron chi connectivity index (χ1n) is 16.7. The Balaban J connectivity index is 0.000000237. The van der Waals surface area contributed by atoms with E-state index in [0.29, 0.717) is 24.5 Å². The minimum atomic E-state index is -4.29. The van der Waals surface area contributed by atoms with Crippen LogP contribution in [0.3, 0.4) is 0 Å². The predicted octanol–water partition coefficient (Wildman–Crippen LogP) is 6.05. The minimum absolute atomic E-state index is 0.0352. The van der Waals surface area contributed by atoms with Gasteiger partial charge in [-0.25, -0.2) is 4.79 Å². The van der Waals surface area contributed by atoms with Crippen molar-refractivity contribution >= 4 is 17.0 Å². The zero-order valence-electron chi connectivity index (χ0n) is 29.4. The van der Waals surface area contributed by atoms with Crippen LogP contribution in [0.25, 0.3) is 16.7 Å². The number of alkyl halides is 3. The molecule has 0 unspecified atom stereocenters. The number of nitrogens with one attached hydrogen (secondary N) is 2. The van der Waals surface area contributed by atoms with Crippen molar-refractivity contribution in [3.8, 4) is 5.69 Å². The Morgan fingerprint density at radius 3 is 2.18 bits per heavy atom. The number of benzene rings is 2. The smallest absolute Gasteiger partial charge is 0.370 e. The van der Waals surface area contributed by atoms with E-state index in [1.165, 1.54) is 12.1 Å². The zero-order chi connectivity index (χ0) is 36.1. The van der Waals surface area contributed by atoms with Gasteiger partial charge in [0.05, 0.1) is 11.3 Å². The average Bonchev–Trinajstić information content (AvgIpc) is 3.41. The van der Waals surface area contributed by atoms with Gasteiger partial charge in [0.2, 0.25) is 0 Å². The summed E-state index contributed by atoms with van der Waals surface area (Å²) in [5.74, 6) is 0.555. The molecule has 1 saturated carbocycles. The number of aromatic nitrogens is 3. The maximum absolute atomic E-state index is 13.0. The van der Waals surface area contributed by atoms with E-state index in [-0.39, 0.29) is 28.5 Å². The lowest BCUT2D eigenvalue weighted by Gasteiger charge is -2.33. The molecular weight excluding hydrogens is 629 g/mol. The highest BCUT2D eigenvalue weighted by Crippen LogP contribution is 2.36. The molecule has 4 aromatic rings. The maximum atomic E-state index is 13.0. The maximum Gasteiger partial charge on any atom is 0.416 e. The van der Waals surface area contributed by atoms with E-state index < -0.39 is 11.7 Å². The third kappa shape index (κ3) is 10.7. The molecule has 0 atom stereocenters. The molecule has 2 heterocycles. The van der Waals surface area contributed by atoms with E-state index in [1.54, 1.807) is 4.57 Å². The van der Waals surface area contributed by atoms with Crippen LogP contribution in [-0.4, -0.2) is 39.6 Å². The Kier molecular flexibility index (Phi) is 11.7. The zero-order valence-corrected chi connectivity index (χ0v) is 29.4. The van der Waals surface area contributed by atoms with Crippen LogP contribution < -0.4 is 28.2 Å². The van der Waals surface area contributed by atoms with Gasteiger partial charge in [0, 0.05) is 41.8 Å². The number of nitrogens with zero attached hydrogens (tertiary/aromatic N) is 3. The van der Waals surface area contributed by atoms with Crippen molar-refractivity contribution in [2.45, 2.75) is 96.8 Å². The first kappa shape index (κ1) is 37.7. The normalized spacial score (nSPS) is 16.5. The van der Waals surface area contributed by atoms with Gasteiger partial charge in [-0.05, 0) is 90.6 Å². The molecule has 0 bridgehead atoms. The molecule has 1 aliphatic carbocycles. The van der Waals surface area contributed by atoms with E-state index in [9.17, 15) is 18.0 Å². The van der Waals surface area contributed by atoms with Crippen LogP contribution in [0.2, 0.25) is 0 Å². The molecule has 1 fully saturated rings. The molecule has 0 amide bonds. The summed E-state index contributed by atoms with van der Waals surface area (Å²) in [6, 6.07) is 14.6. The van der Waals surface area contributed by atoms with Gasteiger partial charge in [0.15, 0.2) is 5.96 Å². The molecule has 0 radical (unpaired) electrons. The molecule has 9 nitrogen and oxygen atoms in total. The largest absolute Gasteiger partial charge is 0.416 e. The van der Waals surface area contributed by atoms with Gasteiger partial charge >= 0.3 is 11.9 Å². The fraction of sp³-hybridized carbons (Fsp3) is 0.486. The van der Waals surface area contributed by atoms with Crippen molar-refractivity contribution in [1.29, 1.82) is 0 Å². The molecule has 2 aromatic carbocycles. The number of aliphatic imine (C=N–C) groups is 1. The summed E-state index contributed by atoms with van der Waals surface area (Å²) in [6.07, 6.45) is 0.951. The Bertz CT molecular complexity index is 1750. The van der Waals surface area contributed by atoms with Crippen molar-refractivity contribution in [3.63, 3.8) is 0 Å². The van der Waals surface area contributed by atoms with Crippen molar-refractivity contribution < 1.29 is 13.2 Å². The van der Waals surface area contributed by atoms with Crippen LogP contribution in [0, 0.1) is 5.92 Å². The number of aromatic amines is 1. The summed E-state index contributed by atoms with van der Waals surface area (Å²) in [5.41, 5.74) is 20.3. The Hall–Kier alpha value is -4.16. The van der Waals surface area contributed by atoms with Crippen LogP contribution >= 0.6 is 0 Å². The molecule has 0 saturated heterocycles. The number of fused-ring (bicyclic) bond motifs is 1. The number of hydrogen-bond donors (Lipinski definition) is 5. The Morgan fingerprint density at radius 2 is 1.61 bits per heavy atom. The van der Waals surface area contributed by atoms with Crippen molar-refractivity contribution in [1.82, 2.24) is 19.9 Å². The lowest BCUT2D eigenvalue weighted by atomic mass is 9.76. The number of nitrogens with two attached hydrogens (primary N) is 3. The quantitative estimate of drug-likeness (QED) is 0.0825. The first-order valence-corrected chi connectivity index (χ1v) is 16.7. The molecule has 1 aliphatic rings. The van der Waals surface area contributed by atoms with E-state index in [1.807, 2.05) is 57.3 Å². The van der Waals surface area contributed by atoms with Crippen LogP contribution in [0.5, 0.6) is 0 Å². The highest BCUT2D eigenvalue weighted by molar-refractivity contribution is 5.76. The first-order chi connectivity index (χ1) is 22.8. The molecule has 0 spiro atoms. The lowest BCUT2D eigenvalue weighted by molar-refractivity contribution is -0.137. The fourth-order valence-electron chi connectivity index (χ4n) is 5.70. The van der Waals surface area contributed by atoms with E-state index in [4.69, 9.17) is 17.2 Å². The second kappa shape index (κ2) is 15.2. The monoisotopic (exact) mass is 680 g/mol. The third-order valence-electron chi connectivity index (χ3n) is 8.65. The number of guanidine groups is 1. The molecule has 12 heteroatoms. The fourth-order valence-corrected chi connectivity index (χ4v) is 5.70. The van der Waals surface area contributed by atoms with Gasteiger partial charge in [-0.15, -0.1) is 0 Å². The molecular formula is C37H51F3N8O. The number of rotatable bonds is 9. The molecule has 8 N–H and O–H groups in total. The van der Waals surface area contributed by atoms with Crippen LogP contribution in [-0.2, 0) is 30.0 Å². The topological polar surface area (TPSA) is 153 Å². The van der Waals surface area contributed by atoms with Crippen molar-refractivity contribution in [2.75, 3.05) is 13.1 Å². The van der Waals surface area contributed by atoms with Crippen LogP contribution in [0.15, 0.2) is 64.5 Å². The van der Waals surface area contributed by atoms with E-state index in [0.717, 1.165) is 65.8 Å². The minimum Gasteiger partial charge on any atom is -0.370 e. The molecule has 0 aliphatic heterocycles. The number of H-pyrrole nitrogens is 1. The SMILES string of the molecule is CC(C)(C)c1cc(CC2CC(N)C2)cc(C(F)(F)F)c1.CC(C)(C)c1cc2cn(-c3ccc(CNCCCN=C(N)N)cc3)c(=O)nc2[nH]1. The number of hydrogen-bond acceptors (Lipinski definition) is 5. The summed E-state index contributed by atoms with van der Waals surface area (Å²) < 4.78 is 40.6. The highest BCUT2D eigenvalue weighted by atomic mass is 19.4. The van der Waals surface area contributed by atoms with Crippen LogP contribution in [0.4, 0.5) is 13.2 Å². The summed E-state index contributed by atoms with van der Waals surface area (Å²) in [6.45, 7) is 14.3. The Labute approximate surface area is 286 Å². The molecule has 266 valence electrons. The van der Waals surface area contributed by atoms with Crippen molar-refractivity contribution in [2.24, 2.45) is 28.1 Å². The second-order valence-electron chi connectivity index (χ2n) is 15.1. The standard InChI is InChI=1S/C21H29N7O.C16H22F3N/c1-21(2,3)17-11-15-13-28(20(29)27-18(15)26-17)16-7-5-14(6-8-16)12-24-9-4-10-25-19(22)23;1-15(2,3)12-5-10(4-11-7-14(20)8-11)6-13(9-12)16(17,18)19/h5-8,11,13,24H,4,9-10,12H2,1-3H3,(H4,22,23,25)(H,26,27,29);5-6,9,11,14H,4,7-8,20H2,1-3H3. The van der Waals surface area contributed by atoms with E-state index >= 15 is 0 Å². The Morgan fingerprint density at radius 1 is 0.959 bits per heavy atom. The highest BCUT2D eigenvalue weighted by Gasteiger charge is 2.33. The van der Waals surface area contributed by atoms with Crippen molar-refractivity contribution in [3.05, 3.63) is 93.2 Å². The summed E-state index contributed by atoms with van der Waals surface area (Å²) in [4.78, 5) is 23.9. The summed E-state index contributed by atoms with van der Waals surface area (Å²) in [7, 11) is 0. The summed E-state index contributed by atoms with van der Waals surface area (Å²) in [5, 5.41) is 4.27. The predicted molar refractivity (Wildman–Crippen MR) is 192 cm³/mol. The third-order valence-corrected chi connectivity index (χ3v) is 8.65. The van der Waals surface area contributed by atoms with Gasteiger partial charge < -0.3 is 27.5 Å². The lowest BCUT2D eigenvalue weighted by Crippen LogP contribution is -2.37. The van der Waals surface area contributed by atoms with E-state index in [2.05, 4.69) is 47.1 Å².